The average Bonchev–Trinajstić information content (AvgIpc) is 3.04. The Balaban J connectivity index is 1.70. The Hall–Kier alpha value is -1.93. The van der Waals surface area contributed by atoms with Crippen molar-refractivity contribution >= 4 is 33.2 Å². The van der Waals surface area contributed by atoms with Crippen molar-refractivity contribution in [1.82, 2.24) is 4.31 Å². The van der Waals surface area contributed by atoms with Gasteiger partial charge >= 0.3 is 0 Å². The fraction of sp³-hybridized carbons (Fsp3) is 0.350. The predicted molar refractivity (Wildman–Crippen MR) is 107 cm³/mol. The van der Waals surface area contributed by atoms with Crippen molar-refractivity contribution < 1.29 is 17.9 Å². The lowest BCUT2D eigenvalue weighted by molar-refractivity contribution is 0.0730. The van der Waals surface area contributed by atoms with Crippen LogP contribution in [-0.4, -0.2) is 51.0 Å². The number of carbonyl (C=O) groups excluding carboxylic acids is 1. The molecular weight excluding hydrogens is 400 g/mol. The summed E-state index contributed by atoms with van der Waals surface area (Å²) in [6.45, 7) is 3.22. The van der Waals surface area contributed by atoms with Gasteiger partial charge in [0, 0.05) is 30.4 Å². The number of anilines is 1. The molecule has 0 saturated carbocycles. The Morgan fingerprint density at radius 1 is 1.14 bits per heavy atom. The fourth-order valence-corrected chi connectivity index (χ4v) is 5.68. The quantitative estimate of drug-likeness (QED) is 0.765. The lowest BCUT2D eigenvalue weighted by Gasteiger charge is -2.27. The van der Waals surface area contributed by atoms with Crippen LogP contribution in [0.4, 0.5) is 5.69 Å². The number of hydrogen-bond donors (Lipinski definition) is 0. The van der Waals surface area contributed by atoms with Gasteiger partial charge in [-0.05, 0) is 43.2 Å². The molecule has 2 heterocycles. The second-order valence-corrected chi connectivity index (χ2v) is 9.33. The first-order valence-corrected chi connectivity index (χ1v) is 11.0. The van der Waals surface area contributed by atoms with Crippen molar-refractivity contribution in [3.63, 3.8) is 0 Å². The SMILES string of the molecule is CC1Cc2ccccc2N1C(=O)c1ccc(Cl)c(S(=O)(=O)N2CCOCC2)c1. The predicted octanol–water partition coefficient (Wildman–Crippen LogP) is 2.95. The van der Waals surface area contributed by atoms with Gasteiger partial charge in [-0.2, -0.15) is 4.31 Å². The van der Waals surface area contributed by atoms with E-state index < -0.39 is 10.0 Å². The van der Waals surface area contributed by atoms with Crippen LogP contribution in [0.5, 0.6) is 0 Å². The van der Waals surface area contributed by atoms with Crippen LogP contribution < -0.4 is 4.90 Å². The van der Waals surface area contributed by atoms with Crippen LogP contribution in [-0.2, 0) is 21.2 Å². The molecule has 2 aromatic rings. The van der Waals surface area contributed by atoms with Crippen molar-refractivity contribution in [3.8, 4) is 0 Å². The van der Waals surface area contributed by atoms with Crippen molar-refractivity contribution in [2.75, 3.05) is 31.2 Å². The summed E-state index contributed by atoms with van der Waals surface area (Å²) >= 11 is 6.21. The van der Waals surface area contributed by atoms with Crippen molar-refractivity contribution in [3.05, 3.63) is 58.6 Å². The minimum atomic E-state index is -3.80. The average molecular weight is 421 g/mol. The highest BCUT2D eigenvalue weighted by Gasteiger charge is 2.33. The van der Waals surface area contributed by atoms with Gasteiger partial charge in [0.1, 0.15) is 4.90 Å². The second kappa shape index (κ2) is 7.48. The van der Waals surface area contributed by atoms with E-state index in [1.807, 2.05) is 31.2 Å². The Kier molecular flexibility index (Phi) is 5.18. The number of benzene rings is 2. The van der Waals surface area contributed by atoms with Gasteiger partial charge in [0.05, 0.1) is 18.2 Å². The van der Waals surface area contributed by atoms with Gasteiger partial charge in [-0.3, -0.25) is 4.79 Å². The Labute approximate surface area is 169 Å². The maximum Gasteiger partial charge on any atom is 0.258 e. The molecule has 0 spiro atoms. The number of para-hydroxylation sites is 1. The molecule has 2 aromatic carbocycles. The molecule has 28 heavy (non-hydrogen) atoms. The number of morpholine rings is 1. The van der Waals surface area contributed by atoms with Crippen LogP contribution in [0.15, 0.2) is 47.4 Å². The molecule has 1 unspecified atom stereocenters. The van der Waals surface area contributed by atoms with Gasteiger partial charge in [0.2, 0.25) is 10.0 Å². The molecule has 0 aromatic heterocycles. The van der Waals surface area contributed by atoms with Crippen LogP contribution in [0.3, 0.4) is 0 Å². The number of rotatable bonds is 3. The smallest absolute Gasteiger partial charge is 0.258 e. The van der Waals surface area contributed by atoms with Crippen molar-refractivity contribution in [2.45, 2.75) is 24.3 Å². The van der Waals surface area contributed by atoms with E-state index in [9.17, 15) is 13.2 Å². The topological polar surface area (TPSA) is 66.9 Å². The highest BCUT2D eigenvalue weighted by Crippen LogP contribution is 2.34. The largest absolute Gasteiger partial charge is 0.379 e. The number of carbonyl (C=O) groups is 1. The molecule has 4 rings (SSSR count). The third-order valence-electron chi connectivity index (χ3n) is 5.19. The molecular formula is C20H21ClN2O4S. The summed E-state index contributed by atoms with van der Waals surface area (Å²) in [6, 6.07) is 12.2. The Morgan fingerprint density at radius 2 is 1.86 bits per heavy atom. The molecule has 2 aliphatic heterocycles. The normalized spacial score (nSPS) is 20.2. The highest BCUT2D eigenvalue weighted by molar-refractivity contribution is 7.89. The third-order valence-corrected chi connectivity index (χ3v) is 7.57. The minimum Gasteiger partial charge on any atom is -0.379 e. The highest BCUT2D eigenvalue weighted by atomic mass is 35.5. The van der Waals surface area contributed by atoms with Crippen LogP contribution >= 0.6 is 11.6 Å². The zero-order chi connectivity index (χ0) is 19.9. The third kappa shape index (κ3) is 3.33. The number of amides is 1. The van der Waals surface area contributed by atoms with Crippen LogP contribution in [0.25, 0.3) is 0 Å². The van der Waals surface area contributed by atoms with Crippen LogP contribution in [0.2, 0.25) is 5.02 Å². The Morgan fingerprint density at radius 3 is 2.61 bits per heavy atom. The lowest BCUT2D eigenvalue weighted by Crippen LogP contribution is -2.41. The summed E-state index contributed by atoms with van der Waals surface area (Å²) in [5.41, 5.74) is 2.28. The van der Waals surface area contributed by atoms with Crippen LogP contribution in [0.1, 0.15) is 22.8 Å². The molecule has 8 heteroatoms. The van der Waals surface area contributed by atoms with Gasteiger partial charge in [-0.1, -0.05) is 29.8 Å². The van der Waals surface area contributed by atoms with E-state index in [4.69, 9.17) is 16.3 Å². The number of ether oxygens (including phenoxy) is 1. The van der Waals surface area contributed by atoms with Gasteiger partial charge in [0.25, 0.3) is 5.91 Å². The molecule has 1 amide bonds. The first-order valence-electron chi connectivity index (χ1n) is 9.18. The summed E-state index contributed by atoms with van der Waals surface area (Å²) < 4.78 is 32.6. The maximum absolute atomic E-state index is 13.2. The molecule has 1 atom stereocenters. The van der Waals surface area contributed by atoms with E-state index >= 15 is 0 Å². The van der Waals surface area contributed by atoms with Gasteiger partial charge < -0.3 is 9.64 Å². The van der Waals surface area contributed by atoms with E-state index in [-0.39, 0.29) is 35.0 Å². The monoisotopic (exact) mass is 420 g/mol. The molecule has 1 saturated heterocycles. The van der Waals surface area contributed by atoms with Crippen LogP contribution in [0, 0.1) is 0 Å². The summed E-state index contributed by atoms with van der Waals surface area (Å²) in [7, 11) is -3.80. The molecule has 148 valence electrons. The van der Waals surface area contributed by atoms with E-state index in [1.165, 1.54) is 16.4 Å². The van der Waals surface area contributed by atoms with E-state index in [1.54, 1.807) is 11.0 Å². The molecule has 0 bridgehead atoms. The zero-order valence-corrected chi connectivity index (χ0v) is 17.0. The van der Waals surface area contributed by atoms with Gasteiger partial charge in [-0.25, -0.2) is 8.42 Å². The van der Waals surface area contributed by atoms with Gasteiger partial charge in [0.15, 0.2) is 0 Å². The van der Waals surface area contributed by atoms with E-state index in [0.717, 1.165) is 17.7 Å². The molecule has 0 aliphatic carbocycles. The molecule has 0 radical (unpaired) electrons. The number of halogens is 1. The second-order valence-electron chi connectivity index (χ2n) is 7.02. The number of nitrogens with zero attached hydrogens (tertiary/aromatic N) is 2. The summed E-state index contributed by atoms with van der Waals surface area (Å²) in [5, 5.41) is 0.109. The minimum absolute atomic E-state index is 0.000113. The van der Waals surface area contributed by atoms with E-state index in [2.05, 4.69) is 0 Å². The summed E-state index contributed by atoms with van der Waals surface area (Å²) in [5.74, 6) is -0.229. The number of hydrogen-bond acceptors (Lipinski definition) is 4. The first-order chi connectivity index (χ1) is 13.4. The molecule has 6 nitrogen and oxygen atoms in total. The summed E-state index contributed by atoms with van der Waals surface area (Å²) in [4.78, 5) is 14.9. The molecule has 0 N–H and O–H groups in total. The molecule has 2 aliphatic rings. The standard InChI is InChI=1S/C20H21ClN2O4S/c1-14-12-15-4-2-3-5-18(15)23(14)20(24)16-6-7-17(21)19(13-16)28(25,26)22-8-10-27-11-9-22/h2-7,13-14H,8-12H2,1H3. The van der Waals surface area contributed by atoms with Crippen molar-refractivity contribution in [1.29, 1.82) is 0 Å². The van der Waals surface area contributed by atoms with Gasteiger partial charge in [-0.15, -0.1) is 0 Å². The summed E-state index contributed by atoms with van der Waals surface area (Å²) in [6.07, 6.45) is 0.772. The Bertz CT molecular complexity index is 1020. The first kappa shape index (κ1) is 19.4. The number of sulfonamides is 1. The van der Waals surface area contributed by atoms with E-state index in [0.29, 0.717) is 18.8 Å². The molecule has 1 fully saturated rings. The van der Waals surface area contributed by atoms with Crippen molar-refractivity contribution in [2.24, 2.45) is 0 Å². The number of fused-ring (bicyclic) bond motifs is 1. The maximum atomic E-state index is 13.2. The zero-order valence-electron chi connectivity index (χ0n) is 15.5. The fourth-order valence-electron chi connectivity index (χ4n) is 3.77. The lowest BCUT2D eigenvalue weighted by atomic mass is 10.1.